The lowest BCUT2D eigenvalue weighted by molar-refractivity contribution is 0.0821. The molecule has 1 heterocycles. The van der Waals surface area contributed by atoms with Gasteiger partial charge in [-0.05, 0) is 6.92 Å². The number of hydrogen-bond donors (Lipinski definition) is 2. The van der Waals surface area contributed by atoms with Crippen LogP contribution >= 0.6 is 0 Å². The molecule has 0 amide bonds. The molecule has 1 atom stereocenters. The molecular formula is C6H14N2O. The predicted molar refractivity (Wildman–Crippen MR) is 36.1 cm³/mol. The van der Waals surface area contributed by atoms with Crippen LogP contribution in [0.25, 0.3) is 0 Å². The van der Waals surface area contributed by atoms with Crippen LogP contribution < -0.4 is 5.32 Å². The molecule has 0 aromatic heterocycles. The lowest BCUT2D eigenvalue weighted by Gasteiger charge is -2.29. The molecule has 0 aromatic rings. The highest BCUT2D eigenvalue weighted by Gasteiger charge is 2.13. The topological polar surface area (TPSA) is 35.5 Å². The molecule has 9 heavy (non-hydrogen) atoms. The number of rotatable bonds is 1. The smallest absolute Gasteiger partial charge is 0.0957 e. The molecule has 0 saturated carbocycles. The van der Waals surface area contributed by atoms with Crippen LogP contribution in [0.5, 0.6) is 0 Å². The Morgan fingerprint density at radius 3 is 3.00 bits per heavy atom. The van der Waals surface area contributed by atoms with E-state index < -0.39 is 0 Å². The van der Waals surface area contributed by atoms with E-state index in [1.54, 1.807) is 0 Å². The maximum Gasteiger partial charge on any atom is 0.0957 e. The zero-order valence-electron chi connectivity index (χ0n) is 5.80. The van der Waals surface area contributed by atoms with Gasteiger partial charge in [0.05, 0.1) is 6.73 Å². The second-order valence-electron chi connectivity index (χ2n) is 2.57. The summed E-state index contributed by atoms with van der Waals surface area (Å²) < 4.78 is 0. The molecule has 0 spiro atoms. The van der Waals surface area contributed by atoms with Crippen LogP contribution in [-0.4, -0.2) is 42.4 Å². The average molecular weight is 130 g/mol. The Hall–Kier alpha value is -0.120. The average Bonchev–Trinajstić information content (AvgIpc) is 1.88. The number of hydrogen-bond acceptors (Lipinski definition) is 3. The summed E-state index contributed by atoms with van der Waals surface area (Å²) in [6, 6.07) is 0.533. The summed E-state index contributed by atoms with van der Waals surface area (Å²) >= 11 is 0. The number of piperazine rings is 1. The van der Waals surface area contributed by atoms with Gasteiger partial charge in [-0.1, -0.05) is 0 Å². The Labute approximate surface area is 55.7 Å². The Balaban J connectivity index is 2.23. The maximum atomic E-state index is 8.71. The van der Waals surface area contributed by atoms with Crippen LogP contribution in [0.4, 0.5) is 0 Å². The second-order valence-corrected chi connectivity index (χ2v) is 2.57. The lowest BCUT2D eigenvalue weighted by Crippen LogP contribution is -2.49. The van der Waals surface area contributed by atoms with Gasteiger partial charge in [0.1, 0.15) is 0 Å². The van der Waals surface area contributed by atoms with Crippen molar-refractivity contribution in [1.82, 2.24) is 10.2 Å². The van der Waals surface area contributed by atoms with Gasteiger partial charge >= 0.3 is 0 Å². The monoisotopic (exact) mass is 130 g/mol. The largest absolute Gasteiger partial charge is 0.381 e. The number of aliphatic hydroxyl groups is 1. The summed E-state index contributed by atoms with van der Waals surface area (Å²) in [5.41, 5.74) is 0. The quantitative estimate of drug-likeness (QED) is 0.489. The molecule has 0 aliphatic carbocycles. The van der Waals surface area contributed by atoms with E-state index in [1.165, 1.54) is 0 Å². The normalized spacial score (nSPS) is 30.7. The zero-order chi connectivity index (χ0) is 6.69. The minimum absolute atomic E-state index is 0.200. The van der Waals surface area contributed by atoms with Gasteiger partial charge in [-0.25, -0.2) is 0 Å². The molecular weight excluding hydrogens is 116 g/mol. The third-order valence-corrected chi connectivity index (χ3v) is 1.65. The second kappa shape index (κ2) is 3.15. The first kappa shape index (κ1) is 6.99. The lowest BCUT2D eigenvalue weighted by atomic mass is 10.2. The molecule has 1 aliphatic rings. The van der Waals surface area contributed by atoms with Crippen LogP contribution in [0, 0.1) is 0 Å². The molecule has 1 aliphatic heterocycles. The third-order valence-electron chi connectivity index (χ3n) is 1.65. The minimum Gasteiger partial charge on any atom is -0.381 e. The van der Waals surface area contributed by atoms with Gasteiger partial charge in [0.2, 0.25) is 0 Å². The Bertz CT molecular complexity index is 87.1. The van der Waals surface area contributed by atoms with Crippen LogP contribution in [0.1, 0.15) is 6.92 Å². The summed E-state index contributed by atoms with van der Waals surface area (Å²) in [4.78, 5) is 2.03. The number of nitrogens with one attached hydrogen (secondary N) is 1. The van der Waals surface area contributed by atoms with E-state index in [-0.39, 0.29) is 6.73 Å². The molecule has 54 valence electrons. The van der Waals surface area contributed by atoms with Crippen molar-refractivity contribution >= 4 is 0 Å². The van der Waals surface area contributed by atoms with Gasteiger partial charge in [0.15, 0.2) is 0 Å². The van der Waals surface area contributed by atoms with Crippen LogP contribution in [0.2, 0.25) is 0 Å². The maximum absolute atomic E-state index is 8.71. The Morgan fingerprint density at radius 2 is 2.56 bits per heavy atom. The minimum atomic E-state index is 0.200. The zero-order valence-corrected chi connectivity index (χ0v) is 5.80. The predicted octanol–water partition coefficient (Wildman–Crippen LogP) is -0.770. The van der Waals surface area contributed by atoms with Gasteiger partial charge in [-0.2, -0.15) is 0 Å². The Kier molecular flexibility index (Phi) is 2.45. The van der Waals surface area contributed by atoms with E-state index in [0.29, 0.717) is 6.04 Å². The van der Waals surface area contributed by atoms with Crippen molar-refractivity contribution in [3.05, 3.63) is 0 Å². The summed E-state index contributed by atoms with van der Waals surface area (Å²) in [7, 11) is 0. The van der Waals surface area contributed by atoms with Crippen LogP contribution in [0.3, 0.4) is 0 Å². The summed E-state index contributed by atoms with van der Waals surface area (Å²) in [5.74, 6) is 0. The summed E-state index contributed by atoms with van der Waals surface area (Å²) in [5, 5.41) is 12.0. The molecule has 0 radical (unpaired) electrons. The van der Waals surface area contributed by atoms with Crippen molar-refractivity contribution in [2.75, 3.05) is 26.4 Å². The van der Waals surface area contributed by atoms with Gasteiger partial charge in [-0.15, -0.1) is 0 Å². The van der Waals surface area contributed by atoms with E-state index in [9.17, 15) is 0 Å². The molecule has 3 nitrogen and oxygen atoms in total. The van der Waals surface area contributed by atoms with E-state index in [0.717, 1.165) is 19.6 Å². The van der Waals surface area contributed by atoms with Crippen molar-refractivity contribution in [3.8, 4) is 0 Å². The van der Waals surface area contributed by atoms with Crippen molar-refractivity contribution in [2.24, 2.45) is 0 Å². The first-order valence-electron chi connectivity index (χ1n) is 3.39. The highest BCUT2D eigenvalue weighted by Crippen LogP contribution is 1.95. The van der Waals surface area contributed by atoms with E-state index >= 15 is 0 Å². The van der Waals surface area contributed by atoms with Crippen molar-refractivity contribution < 1.29 is 5.11 Å². The van der Waals surface area contributed by atoms with E-state index in [2.05, 4.69) is 12.2 Å². The highest BCUT2D eigenvalue weighted by atomic mass is 16.3. The number of nitrogens with zero attached hydrogens (tertiary/aromatic N) is 1. The van der Waals surface area contributed by atoms with E-state index in [1.807, 2.05) is 4.90 Å². The molecule has 1 rings (SSSR count). The van der Waals surface area contributed by atoms with E-state index in [4.69, 9.17) is 5.11 Å². The fourth-order valence-electron chi connectivity index (χ4n) is 1.14. The third kappa shape index (κ3) is 1.93. The first-order valence-corrected chi connectivity index (χ1v) is 3.39. The molecule has 3 heteroatoms. The molecule has 1 saturated heterocycles. The fourth-order valence-corrected chi connectivity index (χ4v) is 1.14. The van der Waals surface area contributed by atoms with Crippen molar-refractivity contribution in [1.29, 1.82) is 0 Å². The van der Waals surface area contributed by atoms with Gasteiger partial charge in [-0.3, -0.25) is 4.90 Å². The summed E-state index contributed by atoms with van der Waals surface area (Å²) in [6.45, 7) is 5.27. The molecule has 2 N–H and O–H groups in total. The van der Waals surface area contributed by atoms with Crippen LogP contribution in [-0.2, 0) is 0 Å². The van der Waals surface area contributed by atoms with Crippen molar-refractivity contribution in [3.63, 3.8) is 0 Å². The molecule has 0 bridgehead atoms. The summed E-state index contributed by atoms with van der Waals surface area (Å²) in [6.07, 6.45) is 0. The SMILES string of the molecule is CC1CN(CO)CCN1. The van der Waals surface area contributed by atoms with Gasteiger partial charge < -0.3 is 10.4 Å². The first-order chi connectivity index (χ1) is 4.33. The van der Waals surface area contributed by atoms with Crippen molar-refractivity contribution in [2.45, 2.75) is 13.0 Å². The Morgan fingerprint density at radius 1 is 1.78 bits per heavy atom. The molecule has 1 unspecified atom stereocenters. The van der Waals surface area contributed by atoms with Gasteiger partial charge in [0, 0.05) is 25.7 Å². The molecule has 0 aromatic carbocycles. The molecule has 1 fully saturated rings. The van der Waals surface area contributed by atoms with Crippen LogP contribution in [0.15, 0.2) is 0 Å². The standard InChI is InChI=1S/C6H14N2O/c1-6-4-8(5-9)3-2-7-6/h6-7,9H,2-5H2,1H3. The fraction of sp³-hybridized carbons (Fsp3) is 1.00. The highest BCUT2D eigenvalue weighted by molar-refractivity contribution is 4.72. The number of aliphatic hydroxyl groups excluding tert-OH is 1. The van der Waals surface area contributed by atoms with Gasteiger partial charge in [0.25, 0.3) is 0 Å².